The van der Waals surface area contributed by atoms with E-state index in [-0.39, 0.29) is 12.6 Å². The van der Waals surface area contributed by atoms with Gasteiger partial charge >= 0.3 is 6.03 Å². The lowest BCUT2D eigenvalue weighted by Crippen LogP contribution is -2.53. The smallest absolute Gasteiger partial charge is 0.323 e. The van der Waals surface area contributed by atoms with Gasteiger partial charge in [-0.25, -0.2) is 18.1 Å². The van der Waals surface area contributed by atoms with Crippen molar-refractivity contribution in [3.63, 3.8) is 0 Å². The summed E-state index contributed by atoms with van der Waals surface area (Å²) >= 11 is 0. The van der Waals surface area contributed by atoms with Gasteiger partial charge in [-0.1, -0.05) is 36.4 Å². The molecular formula is C26H32N4O4S. The van der Waals surface area contributed by atoms with Crippen LogP contribution >= 0.6 is 0 Å². The first-order valence-electron chi connectivity index (χ1n) is 12.3. The van der Waals surface area contributed by atoms with E-state index in [4.69, 9.17) is 0 Å². The van der Waals surface area contributed by atoms with Crippen LogP contribution in [0.3, 0.4) is 0 Å². The van der Waals surface area contributed by atoms with E-state index in [1.165, 1.54) is 14.8 Å². The highest BCUT2D eigenvalue weighted by Gasteiger charge is 2.48. The van der Waals surface area contributed by atoms with Crippen LogP contribution in [-0.4, -0.2) is 72.8 Å². The topological polar surface area (TPSA) is 90.0 Å². The quantitative estimate of drug-likeness (QED) is 0.595. The molecule has 3 aliphatic rings. The Kier molecular flexibility index (Phi) is 6.41. The third-order valence-corrected chi connectivity index (χ3v) is 9.38. The van der Waals surface area contributed by atoms with E-state index in [9.17, 15) is 18.0 Å². The van der Waals surface area contributed by atoms with Gasteiger partial charge in [0.05, 0.1) is 11.6 Å². The number of rotatable bonds is 7. The first-order chi connectivity index (χ1) is 16.8. The molecule has 2 aromatic carbocycles. The summed E-state index contributed by atoms with van der Waals surface area (Å²) in [5.74, 6) is -0.230. The summed E-state index contributed by atoms with van der Waals surface area (Å²) in [7, 11) is -3.56. The number of benzene rings is 2. The monoisotopic (exact) mass is 496 g/mol. The lowest BCUT2D eigenvalue weighted by atomic mass is 9.93. The molecule has 1 N–H and O–H groups in total. The normalized spacial score (nSPS) is 23.5. The van der Waals surface area contributed by atoms with E-state index >= 15 is 0 Å². The molecule has 2 heterocycles. The second-order valence-electron chi connectivity index (χ2n) is 9.93. The Hall–Kier alpha value is -2.75. The first-order valence-corrected chi connectivity index (χ1v) is 13.7. The Bertz CT molecular complexity index is 1230. The number of piperazine rings is 1. The molecular weight excluding hydrogens is 464 g/mol. The van der Waals surface area contributed by atoms with Crippen molar-refractivity contribution in [2.24, 2.45) is 0 Å². The Labute approximate surface area is 206 Å². The number of carbonyl (C=O) groups is 2. The fourth-order valence-electron chi connectivity index (χ4n) is 5.25. The molecule has 5 rings (SSSR count). The summed E-state index contributed by atoms with van der Waals surface area (Å²) in [5.41, 5.74) is 2.57. The third kappa shape index (κ3) is 4.72. The molecule has 186 valence electrons. The average Bonchev–Trinajstić information content (AvgIpc) is 3.42. The van der Waals surface area contributed by atoms with E-state index in [1.54, 1.807) is 13.0 Å². The van der Waals surface area contributed by atoms with Crippen LogP contribution in [0.5, 0.6) is 0 Å². The molecule has 1 atom stereocenters. The maximum Gasteiger partial charge on any atom is 0.326 e. The minimum absolute atomic E-state index is 0.165. The number of imide groups is 1. The summed E-state index contributed by atoms with van der Waals surface area (Å²) in [6, 6.07) is 15.0. The summed E-state index contributed by atoms with van der Waals surface area (Å²) in [5, 5.41) is 2.87. The van der Waals surface area contributed by atoms with Gasteiger partial charge in [0.1, 0.15) is 5.54 Å². The van der Waals surface area contributed by atoms with Crippen LogP contribution in [0.2, 0.25) is 0 Å². The predicted molar refractivity (Wildman–Crippen MR) is 132 cm³/mol. The van der Waals surface area contributed by atoms with Crippen molar-refractivity contribution in [1.29, 1.82) is 0 Å². The molecule has 0 bridgehead atoms. The molecule has 1 aliphatic carbocycles. The van der Waals surface area contributed by atoms with Crippen molar-refractivity contribution in [3.05, 3.63) is 65.2 Å². The minimum Gasteiger partial charge on any atom is -0.323 e. The molecule has 2 aromatic rings. The van der Waals surface area contributed by atoms with Gasteiger partial charge in [-0.05, 0) is 67.9 Å². The SMILES string of the molecule is CC1(CCc2ccccc2)NC(=O)N(CN2CCN(S(=O)(=O)c3ccc4c(c3)CCC4)CC2)C1=O. The summed E-state index contributed by atoms with van der Waals surface area (Å²) in [6.07, 6.45) is 4.23. The van der Waals surface area contributed by atoms with E-state index in [2.05, 4.69) is 5.32 Å². The number of nitrogens with one attached hydrogen (secondary N) is 1. The van der Waals surface area contributed by atoms with Crippen molar-refractivity contribution in [1.82, 2.24) is 19.4 Å². The second-order valence-corrected chi connectivity index (χ2v) is 11.9. The van der Waals surface area contributed by atoms with Gasteiger partial charge in [-0.3, -0.25) is 9.69 Å². The van der Waals surface area contributed by atoms with Gasteiger partial charge in [0.25, 0.3) is 5.91 Å². The molecule has 2 saturated heterocycles. The number of aryl methyl sites for hydroxylation is 3. The van der Waals surface area contributed by atoms with Crippen molar-refractivity contribution in [3.8, 4) is 0 Å². The fourth-order valence-corrected chi connectivity index (χ4v) is 6.73. The molecule has 9 heteroatoms. The van der Waals surface area contributed by atoms with Gasteiger partial charge in [0, 0.05) is 26.2 Å². The number of sulfonamides is 1. The number of urea groups is 1. The molecule has 1 unspecified atom stereocenters. The van der Waals surface area contributed by atoms with Gasteiger partial charge in [-0.2, -0.15) is 4.31 Å². The Morgan fingerprint density at radius 2 is 1.66 bits per heavy atom. The highest BCUT2D eigenvalue weighted by Crippen LogP contribution is 2.27. The molecule has 2 aliphatic heterocycles. The summed E-state index contributed by atoms with van der Waals surface area (Å²) in [6.45, 7) is 3.52. The van der Waals surface area contributed by atoms with Crippen LogP contribution in [-0.2, 0) is 34.1 Å². The van der Waals surface area contributed by atoms with Crippen molar-refractivity contribution < 1.29 is 18.0 Å². The van der Waals surface area contributed by atoms with Crippen molar-refractivity contribution in [2.75, 3.05) is 32.8 Å². The van der Waals surface area contributed by atoms with Crippen LogP contribution in [0, 0.1) is 0 Å². The van der Waals surface area contributed by atoms with Crippen LogP contribution in [0.25, 0.3) is 0 Å². The predicted octanol–water partition coefficient (Wildman–Crippen LogP) is 2.38. The number of nitrogens with zero attached hydrogens (tertiary/aromatic N) is 3. The van der Waals surface area contributed by atoms with Crippen molar-refractivity contribution >= 4 is 22.0 Å². The molecule has 2 fully saturated rings. The van der Waals surface area contributed by atoms with Gasteiger partial charge in [-0.15, -0.1) is 0 Å². The number of amides is 3. The summed E-state index contributed by atoms with van der Waals surface area (Å²) < 4.78 is 27.9. The highest BCUT2D eigenvalue weighted by atomic mass is 32.2. The van der Waals surface area contributed by atoms with E-state index in [1.807, 2.05) is 47.4 Å². The average molecular weight is 497 g/mol. The van der Waals surface area contributed by atoms with Gasteiger partial charge < -0.3 is 5.32 Å². The number of carbonyl (C=O) groups excluding carboxylic acids is 2. The standard InChI is InChI=1S/C26H32N4O4S/c1-26(13-12-20-6-3-2-4-7-20)24(31)30(25(32)27-26)19-28-14-16-29(17-15-28)35(33,34)23-11-10-21-8-5-9-22(21)18-23/h2-4,6-7,10-11,18H,5,8-9,12-17,19H2,1H3,(H,27,32). The van der Waals surface area contributed by atoms with E-state index in [0.29, 0.717) is 43.9 Å². The zero-order chi connectivity index (χ0) is 24.6. The van der Waals surface area contributed by atoms with E-state index in [0.717, 1.165) is 30.4 Å². The zero-order valence-corrected chi connectivity index (χ0v) is 20.9. The van der Waals surface area contributed by atoms with Crippen LogP contribution < -0.4 is 5.32 Å². The molecule has 3 amide bonds. The number of hydrogen-bond donors (Lipinski definition) is 1. The molecule has 0 spiro atoms. The molecule has 0 saturated carbocycles. The number of fused-ring (bicyclic) bond motifs is 1. The zero-order valence-electron chi connectivity index (χ0n) is 20.1. The maximum absolute atomic E-state index is 13.2. The first kappa shape index (κ1) is 24.0. The lowest BCUT2D eigenvalue weighted by molar-refractivity contribution is -0.132. The second kappa shape index (κ2) is 9.37. The van der Waals surface area contributed by atoms with Crippen LogP contribution in [0.15, 0.2) is 53.4 Å². The Balaban J connectivity index is 1.18. The Morgan fingerprint density at radius 3 is 2.40 bits per heavy atom. The molecule has 0 radical (unpaired) electrons. The molecule has 35 heavy (non-hydrogen) atoms. The molecule has 8 nitrogen and oxygen atoms in total. The fraction of sp³-hybridized carbons (Fsp3) is 0.462. The third-order valence-electron chi connectivity index (χ3n) is 7.48. The largest absolute Gasteiger partial charge is 0.326 e. The maximum atomic E-state index is 13.2. The van der Waals surface area contributed by atoms with Crippen molar-refractivity contribution in [2.45, 2.75) is 49.5 Å². The Morgan fingerprint density at radius 1 is 0.943 bits per heavy atom. The minimum atomic E-state index is -3.56. The van der Waals surface area contributed by atoms with Gasteiger partial charge in [0.15, 0.2) is 0 Å². The molecule has 0 aromatic heterocycles. The highest BCUT2D eigenvalue weighted by molar-refractivity contribution is 7.89. The van der Waals surface area contributed by atoms with Gasteiger partial charge in [0.2, 0.25) is 10.0 Å². The van der Waals surface area contributed by atoms with Crippen LogP contribution in [0.1, 0.15) is 36.5 Å². The number of hydrogen-bond acceptors (Lipinski definition) is 5. The van der Waals surface area contributed by atoms with E-state index < -0.39 is 21.6 Å². The summed E-state index contributed by atoms with van der Waals surface area (Å²) in [4.78, 5) is 29.4. The van der Waals surface area contributed by atoms with Crippen LogP contribution in [0.4, 0.5) is 4.79 Å². The lowest BCUT2D eigenvalue weighted by Gasteiger charge is -2.35.